The SMILES string of the molecule is C/C=C/c1ccccc1Oc1ccc(S(=O)(=O)c2ccc(Oc3ccc(OC4CCCCO4)cc3)cc2)cc1. The van der Waals surface area contributed by atoms with Crippen molar-refractivity contribution in [3.63, 3.8) is 0 Å². The van der Waals surface area contributed by atoms with E-state index in [1.807, 2.05) is 67.6 Å². The van der Waals surface area contributed by atoms with Crippen LogP contribution in [0, 0.1) is 0 Å². The van der Waals surface area contributed by atoms with Crippen LogP contribution in [0.3, 0.4) is 0 Å². The Morgan fingerprint density at radius 2 is 1.28 bits per heavy atom. The predicted octanol–water partition coefficient (Wildman–Crippen LogP) is 8.04. The molecular formula is C32H30O6S. The highest BCUT2D eigenvalue weighted by atomic mass is 32.2. The van der Waals surface area contributed by atoms with Crippen molar-refractivity contribution in [3.8, 4) is 28.7 Å². The molecule has 0 amide bonds. The first-order chi connectivity index (χ1) is 19.0. The third-order valence-electron chi connectivity index (χ3n) is 6.23. The van der Waals surface area contributed by atoms with Crippen molar-refractivity contribution in [1.82, 2.24) is 0 Å². The lowest BCUT2D eigenvalue weighted by Crippen LogP contribution is -2.24. The summed E-state index contributed by atoms with van der Waals surface area (Å²) in [6.45, 7) is 2.67. The Morgan fingerprint density at radius 1 is 0.718 bits per heavy atom. The molecule has 1 fully saturated rings. The van der Waals surface area contributed by atoms with Crippen molar-refractivity contribution in [2.45, 2.75) is 42.3 Å². The average molecular weight is 543 g/mol. The molecule has 0 N–H and O–H groups in total. The summed E-state index contributed by atoms with van der Waals surface area (Å²) in [5, 5.41) is 0. The zero-order valence-electron chi connectivity index (χ0n) is 21.7. The molecule has 0 saturated carbocycles. The van der Waals surface area contributed by atoms with Crippen LogP contribution in [0.4, 0.5) is 0 Å². The number of benzene rings is 4. The van der Waals surface area contributed by atoms with Gasteiger partial charge < -0.3 is 18.9 Å². The Hall–Kier alpha value is -4.07. The van der Waals surface area contributed by atoms with Crippen LogP contribution in [0.25, 0.3) is 6.08 Å². The lowest BCUT2D eigenvalue weighted by atomic mass is 10.2. The van der Waals surface area contributed by atoms with Crippen molar-refractivity contribution in [3.05, 3.63) is 109 Å². The van der Waals surface area contributed by atoms with Gasteiger partial charge in [-0.15, -0.1) is 0 Å². The van der Waals surface area contributed by atoms with E-state index in [1.54, 1.807) is 48.5 Å². The lowest BCUT2D eigenvalue weighted by molar-refractivity contribution is -0.105. The molecule has 7 heteroatoms. The number of sulfone groups is 1. The third-order valence-corrected chi connectivity index (χ3v) is 8.01. The summed E-state index contributed by atoms with van der Waals surface area (Å²) < 4.78 is 49.7. The highest BCUT2D eigenvalue weighted by Crippen LogP contribution is 2.30. The largest absolute Gasteiger partial charge is 0.465 e. The number of para-hydroxylation sites is 1. The monoisotopic (exact) mass is 542 g/mol. The van der Waals surface area contributed by atoms with E-state index in [9.17, 15) is 8.42 Å². The van der Waals surface area contributed by atoms with E-state index in [0.717, 1.165) is 31.4 Å². The first kappa shape index (κ1) is 26.5. The van der Waals surface area contributed by atoms with Crippen molar-refractivity contribution in [2.24, 2.45) is 0 Å². The topological polar surface area (TPSA) is 71.1 Å². The smallest absolute Gasteiger partial charge is 0.206 e. The van der Waals surface area contributed by atoms with Gasteiger partial charge in [-0.3, -0.25) is 0 Å². The third kappa shape index (κ3) is 6.69. The number of ether oxygens (including phenoxy) is 4. The van der Waals surface area contributed by atoms with Gasteiger partial charge in [0.2, 0.25) is 9.84 Å². The van der Waals surface area contributed by atoms with Crippen LogP contribution >= 0.6 is 0 Å². The van der Waals surface area contributed by atoms with Gasteiger partial charge in [0, 0.05) is 12.0 Å². The van der Waals surface area contributed by atoms with Crippen LogP contribution in [0.5, 0.6) is 28.7 Å². The molecule has 1 heterocycles. The van der Waals surface area contributed by atoms with Crippen LogP contribution in [0.2, 0.25) is 0 Å². The highest BCUT2D eigenvalue weighted by molar-refractivity contribution is 7.91. The summed E-state index contributed by atoms with van der Waals surface area (Å²) in [6.07, 6.45) is 6.75. The summed E-state index contributed by atoms with van der Waals surface area (Å²) >= 11 is 0. The van der Waals surface area contributed by atoms with Crippen LogP contribution in [0.1, 0.15) is 31.7 Å². The minimum absolute atomic E-state index is 0.179. The van der Waals surface area contributed by atoms with E-state index in [0.29, 0.717) is 28.7 Å². The number of hydrogen-bond donors (Lipinski definition) is 0. The van der Waals surface area contributed by atoms with E-state index in [-0.39, 0.29) is 16.1 Å². The Morgan fingerprint density at radius 3 is 1.87 bits per heavy atom. The van der Waals surface area contributed by atoms with Gasteiger partial charge >= 0.3 is 0 Å². The zero-order chi connectivity index (χ0) is 27.1. The van der Waals surface area contributed by atoms with Crippen LogP contribution in [-0.4, -0.2) is 21.3 Å². The van der Waals surface area contributed by atoms with Crippen molar-refractivity contribution in [2.75, 3.05) is 6.61 Å². The van der Waals surface area contributed by atoms with E-state index >= 15 is 0 Å². The Labute approximate surface area is 229 Å². The fourth-order valence-electron chi connectivity index (χ4n) is 4.21. The minimum atomic E-state index is -3.71. The molecule has 0 radical (unpaired) electrons. The molecule has 1 saturated heterocycles. The molecule has 4 aromatic carbocycles. The van der Waals surface area contributed by atoms with Gasteiger partial charge in [-0.25, -0.2) is 8.42 Å². The van der Waals surface area contributed by atoms with Crippen LogP contribution < -0.4 is 14.2 Å². The second kappa shape index (κ2) is 12.2. The van der Waals surface area contributed by atoms with Gasteiger partial charge in [0.25, 0.3) is 0 Å². The van der Waals surface area contributed by atoms with E-state index in [1.165, 1.54) is 0 Å². The van der Waals surface area contributed by atoms with Gasteiger partial charge in [0.05, 0.1) is 16.4 Å². The van der Waals surface area contributed by atoms with E-state index in [4.69, 9.17) is 18.9 Å². The van der Waals surface area contributed by atoms with Crippen molar-refractivity contribution < 1.29 is 27.4 Å². The molecule has 5 rings (SSSR count). The molecule has 0 aromatic heterocycles. The van der Waals surface area contributed by atoms with Crippen LogP contribution in [-0.2, 0) is 14.6 Å². The molecule has 1 atom stereocenters. The molecule has 1 unspecified atom stereocenters. The summed E-state index contributed by atoms with van der Waals surface area (Å²) in [6, 6.07) is 27.7. The Kier molecular flexibility index (Phi) is 8.30. The fraction of sp³-hybridized carbons (Fsp3) is 0.188. The maximum absolute atomic E-state index is 13.2. The average Bonchev–Trinajstić information content (AvgIpc) is 2.96. The van der Waals surface area contributed by atoms with Gasteiger partial charge in [-0.2, -0.15) is 0 Å². The van der Waals surface area contributed by atoms with E-state index in [2.05, 4.69) is 0 Å². The predicted molar refractivity (Wildman–Crippen MR) is 150 cm³/mol. The molecule has 200 valence electrons. The van der Waals surface area contributed by atoms with Crippen molar-refractivity contribution >= 4 is 15.9 Å². The van der Waals surface area contributed by atoms with Crippen LogP contribution in [0.15, 0.2) is 113 Å². The van der Waals surface area contributed by atoms with Gasteiger partial charge in [-0.1, -0.05) is 30.4 Å². The second-order valence-electron chi connectivity index (χ2n) is 9.07. The molecule has 4 aromatic rings. The normalized spacial score (nSPS) is 15.7. The molecule has 0 spiro atoms. The number of rotatable bonds is 9. The number of allylic oxidation sites excluding steroid dienone is 1. The number of hydrogen-bond acceptors (Lipinski definition) is 6. The molecule has 1 aliphatic heterocycles. The summed E-state index contributed by atoms with van der Waals surface area (Å²) in [5.74, 6) is 3.12. The first-order valence-corrected chi connectivity index (χ1v) is 14.4. The summed E-state index contributed by atoms with van der Waals surface area (Å²) in [5.41, 5.74) is 0.942. The molecular weight excluding hydrogens is 512 g/mol. The minimum Gasteiger partial charge on any atom is -0.465 e. The van der Waals surface area contributed by atoms with E-state index < -0.39 is 9.84 Å². The molecule has 6 nitrogen and oxygen atoms in total. The molecule has 0 aliphatic carbocycles. The molecule has 1 aliphatic rings. The fourth-order valence-corrected chi connectivity index (χ4v) is 5.47. The van der Waals surface area contributed by atoms with Gasteiger partial charge in [0.15, 0.2) is 6.29 Å². The molecule has 39 heavy (non-hydrogen) atoms. The summed E-state index contributed by atoms with van der Waals surface area (Å²) in [7, 11) is -3.71. The van der Waals surface area contributed by atoms with Gasteiger partial charge in [0.1, 0.15) is 28.7 Å². The maximum Gasteiger partial charge on any atom is 0.206 e. The lowest BCUT2D eigenvalue weighted by Gasteiger charge is -2.23. The summed E-state index contributed by atoms with van der Waals surface area (Å²) in [4.78, 5) is 0.362. The highest BCUT2D eigenvalue weighted by Gasteiger charge is 2.18. The Balaban J connectivity index is 1.22. The standard InChI is InChI=1S/C32H30O6S/c1-2-7-24-8-3-4-9-31(24)37-27-17-21-30(22-18-27)39(33,34)29-19-15-26(16-20-29)36-25-11-13-28(14-12-25)38-32-10-5-6-23-35-32/h2-4,7-9,11-22,32H,5-6,10,23H2,1H3/b7-2+. The second-order valence-corrected chi connectivity index (χ2v) is 11.0. The maximum atomic E-state index is 13.2. The zero-order valence-corrected chi connectivity index (χ0v) is 22.5. The quantitative estimate of drug-likeness (QED) is 0.213. The molecule has 0 bridgehead atoms. The Bertz CT molecular complexity index is 1500. The van der Waals surface area contributed by atoms with Crippen molar-refractivity contribution in [1.29, 1.82) is 0 Å². The first-order valence-electron chi connectivity index (χ1n) is 12.9. The van der Waals surface area contributed by atoms with Gasteiger partial charge in [-0.05, 0) is 98.6 Å².